The van der Waals surface area contributed by atoms with Crippen molar-refractivity contribution in [1.29, 1.82) is 5.26 Å². The van der Waals surface area contributed by atoms with E-state index in [1.807, 2.05) is 6.07 Å². The number of nitrogens with two attached hydrogens (primary N) is 1. The fourth-order valence-electron chi connectivity index (χ4n) is 3.73. The summed E-state index contributed by atoms with van der Waals surface area (Å²) in [6.07, 6.45) is 2.98. The summed E-state index contributed by atoms with van der Waals surface area (Å²) in [6.45, 7) is 8.87. The second-order valence-electron chi connectivity index (χ2n) is 6.24. The Balaban J connectivity index is 2.37. The van der Waals surface area contributed by atoms with E-state index in [1.165, 1.54) is 17.9 Å². The molecule has 0 aliphatic carbocycles. The molecule has 1 aromatic rings. The van der Waals surface area contributed by atoms with E-state index in [2.05, 4.69) is 13.2 Å². The number of allylic oxidation sites excluding steroid dienone is 1. The standard InChI is InChI=1S/C21H19N3O4/c1-4-10-24-16-9-7-6-8-14(16)21(20(24)26)15(12-22)18(23)28-13(3)17(21)19(25)27-11-5-2/h4-9H,1-2,10-11,23H2,3H3/t21-/m0/s1. The Bertz CT molecular complexity index is 999. The number of fused-ring (bicyclic) bond motifs is 2. The molecule has 0 saturated heterocycles. The maximum Gasteiger partial charge on any atom is 0.339 e. The van der Waals surface area contributed by atoms with Crippen LogP contribution in [-0.2, 0) is 24.5 Å². The van der Waals surface area contributed by atoms with Gasteiger partial charge in [-0.15, -0.1) is 6.58 Å². The summed E-state index contributed by atoms with van der Waals surface area (Å²) in [4.78, 5) is 28.1. The normalized spacial score (nSPS) is 20.6. The van der Waals surface area contributed by atoms with Crippen LogP contribution < -0.4 is 10.6 Å². The van der Waals surface area contributed by atoms with Gasteiger partial charge in [0.05, 0.1) is 0 Å². The van der Waals surface area contributed by atoms with Crippen LogP contribution in [0.3, 0.4) is 0 Å². The Morgan fingerprint density at radius 3 is 2.75 bits per heavy atom. The van der Waals surface area contributed by atoms with Crippen molar-refractivity contribution in [3.63, 3.8) is 0 Å². The molecule has 7 heteroatoms. The molecule has 7 nitrogen and oxygen atoms in total. The van der Waals surface area contributed by atoms with Crippen molar-refractivity contribution in [1.82, 2.24) is 0 Å². The van der Waals surface area contributed by atoms with Crippen molar-refractivity contribution in [3.8, 4) is 6.07 Å². The number of anilines is 1. The van der Waals surface area contributed by atoms with Crippen molar-refractivity contribution in [2.24, 2.45) is 5.73 Å². The minimum absolute atomic E-state index is 0.0566. The number of hydrogen-bond donors (Lipinski definition) is 1. The fraction of sp³-hybridized carbons (Fsp3) is 0.190. The van der Waals surface area contributed by atoms with E-state index >= 15 is 0 Å². The SMILES string of the molecule is C=CCOC(=O)C1=C(C)OC(N)=C(C#N)[C@]12C(=O)N(CC=C)c1ccccc12. The van der Waals surface area contributed by atoms with Gasteiger partial charge < -0.3 is 20.1 Å². The highest BCUT2D eigenvalue weighted by molar-refractivity contribution is 6.18. The number of nitriles is 1. The third kappa shape index (κ3) is 2.42. The predicted molar refractivity (Wildman–Crippen MR) is 102 cm³/mol. The molecule has 1 atom stereocenters. The van der Waals surface area contributed by atoms with Crippen molar-refractivity contribution in [2.45, 2.75) is 12.3 Å². The highest BCUT2D eigenvalue weighted by atomic mass is 16.5. The second kappa shape index (κ2) is 7.08. The van der Waals surface area contributed by atoms with E-state index in [1.54, 1.807) is 30.3 Å². The first-order valence-corrected chi connectivity index (χ1v) is 8.55. The summed E-state index contributed by atoms with van der Waals surface area (Å²) in [5.74, 6) is -1.37. The molecule has 0 radical (unpaired) electrons. The number of rotatable bonds is 5. The molecule has 0 aromatic heterocycles. The van der Waals surface area contributed by atoms with Gasteiger partial charge in [-0.2, -0.15) is 5.26 Å². The van der Waals surface area contributed by atoms with E-state index in [0.717, 1.165) is 0 Å². The van der Waals surface area contributed by atoms with Crippen LogP contribution in [0.25, 0.3) is 0 Å². The topological polar surface area (TPSA) is 106 Å². The third-order valence-corrected chi connectivity index (χ3v) is 4.74. The van der Waals surface area contributed by atoms with Crippen LogP contribution >= 0.6 is 0 Å². The minimum Gasteiger partial charge on any atom is -0.458 e. The molecule has 142 valence electrons. The molecule has 0 bridgehead atoms. The summed E-state index contributed by atoms with van der Waals surface area (Å²) < 4.78 is 10.7. The Hall–Kier alpha value is -3.79. The predicted octanol–water partition coefficient (Wildman–Crippen LogP) is 2.18. The first-order valence-electron chi connectivity index (χ1n) is 8.55. The van der Waals surface area contributed by atoms with Gasteiger partial charge in [-0.3, -0.25) is 4.79 Å². The monoisotopic (exact) mass is 377 g/mol. The van der Waals surface area contributed by atoms with E-state index in [-0.39, 0.29) is 35.9 Å². The molecular weight excluding hydrogens is 358 g/mol. The summed E-state index contributed by atoms with van der Waals surface area (Å²) in [5.41, 5.74) is 5.06. The molecule has 0 unspecified atom stereocenters. The zero-order chi connectivity index (χ0) is 20.5. The molecule has 2 aliphatic rings. The highest BCUT2D eigenvalue weighted by Crippen LogP contribution is 2.53. The maximum absolute atomic E-state index is 13.7. The minimum atomic E-state index is -1.74. The van der Waals surface area contributed by atoms with Crippen LogP contribution in [0.5, 0.6) is 0 Å². The van der Waals surface area contributed by atoms with Crippen LogP contribution in [0.4, 0.5) is 5.69 Å². The quantitative estimate of drug-likeness (QED) is 0.623. The molecule has 1 spiro atoms. The lowest BCUT2D eigenvalue weighted by Gasteiger charge is -2.34. The lowest BCUT2D eigenvalue weighted by molar-refractivity contribution is -0.140. The van der Waals surface area contributed by atoms with Crippen LogP contribution in [0, 0.1) is 11.3 Å². The summed E-state index contributed by atoms with van der Waals surface area (Å²) in [5, 5.41) is 9.86. The summed E-state index contributed by atoms with van der Waals surface area (Å²) >= 11 is 0. The van der Waals surface area contributed by atoms with Gasteiger partial charge in [-0.05, 0) is 13.0 Å². The molecule has 1 aromatic carbocycles. The number of esters is 1. The third-order valence-electron chi connectivity index (χ3n) is 4.74. The molecule has 1 amide bonds. The molecular formula is C21H19N3O4. The van der Waals surface area contributed by atoms with Gasteiger partial charge in [0.2, 0.25) is 11.8 Å². The molecule has 2 heterocycles. The van der Waals surface area contributed by atoms with Crippen molar-refractivity contribution in [2.75, 3.05) is 18.1 Å². The van der Waals surface area contributed by atoms with Crippen LogP contribution in [0.1, 0.15) is 12.5 Å². The van der Waals surface area contributed by atoms with E-state index in [9.17, 15) is 14.9 Å². The average Bonchev–Trinajstić information content (AvgIpc) is 2.90. The Morgan fingerprint density at radius 1 is 1.39 bits per heavy atom. The first kappa shape index (κ1) is 19.0. The van der Waals surface area contributed by atoms with Crippen molar-refractivity contribution >= 4 is 17.6 Å². The maximum atomic E-state index is 13.7. The molecule has 3 rings (SSSR count). The number of carbonyl (C=O) groups excluding carboxylic acids is 2. The number of benzene rings is 1. The number of amides is 1. The number of carbonyl (C=O) groups is 2. The van der Waals surface area contributed by atoms with Gasteiger partial charge >= 0.3 is 5.97 Å². The average molecular weight is 377 g/mol. The van der Waals surface area contributed by atoms with E-state index < -0.39 is 17.3 Å². The van der Waals surface area contributed by atoms with Gasteiger partial charge in [-0.1, -0.05) is 36.9 Å². The van der Waals surface area contributed by atoms with Gasteiger partial charge in [0.1, 0.15) is 29.6 Å². The first-order chi connectivity index (χ1) is 13.4. The second-order valence-corrected chi connectivity index (χ2v) is 6.24. The molecule has 2 N–H and O–H groups in total. The Kier molecular flexibility index (Phi) is 4.80. The molecule has 0 saturated carbocycles. The summed E-state index contributed by atoms with van der Waals surface area (Å²) in [7, 11) is 0. The number of para-hydroxylation sites is 1. The van der Waals surface area contributed by atoms with Crippen molar-refractivity contribution < 1.29 is 19.1 Å². The molecule has 2 aliphatic heterocycles. The van der Waals surface area contributed by atoms with Crippen LogP contribution in [-0.4, -0.2) is 25.0 Å². The number of hydrogen-bond acceptors (Lipinski definition) is 6. The van der Waals surface area contributed by atoms with Gasteiger partial charge in [-0.25, -0.2) is 4.79 Å². The van der Waals surface area contributed by atoms with Crippen molar-refractivity contribution in [3.05, 3.63) is 77.9 Å². The molecule has 0 fully saturated rings. The van der Waals surface area contributed by atoms with E-state index in [0.29, 0.717) is 11.3 Å². The van der Waals surface area contributed by atoms with E-state index in [4.69, 9.17) is 15.2 Å². The number of nitrogens with zero attached hydrogens (tertiary/aromatic N) is 2. The molecule has 28 heavy (non-hydrogen) atoms. The number of ether oxygens (including phenoxy) is 2. The lowest BCUT2D eigenvalue weighted by atomic mass is 9.68. The van der Waals surface area contributed by atoms with Gasteiger partial charge in [0, 0.05) is 17.8 Å². The Labute approximate surface area is 162 Å². The Morgan fingerprint density at radius 2 is 2.11 bits per heavy atom. The van der Waals surface area contributed by atoms with Crippen LogP contribution in [0.2, 0.25) is 0 Å². The zero-order valence-electron chi connectivity index (χ0n) is 15.4. The van der Waals surface area contributed by atoms with Gasteiger partial charge in [0.25, 0.3) is 0 Å². The fourth-order valence-corrected chi connectivity index (χ4v) is 3.73. The smallest absolute Gasteiger partial charge is 0.339 e. The van der Waals surface area contributed by atoms with Crippen LogP contribution in [0.15, 0.2) is 72.4 Å². The summed E-state index contributed by atoms with van der Waals surface area (Å²) in [6, 6.07) is 8.91. The zero-order valence-corrected chi connectivity index (χ0v) is 15.4. The lowest BCUT2D eigenvalue weighted by Crippen LogP contribution is -2.48. The van der Waals surface area contributed by atoms with Gasteiger partial charge in [0.15, 0.2) is 5.41 Å². The largest absolute Gasteiger partial charge is 0.458 e. The highest BCUT2D eigenvalue weighted by Gasteiger charge is 2.61.